The van der Waals surface area contributed by atoms with Crippen molar-refractivity contribution in [3.05, 3.63) is 59.7 Å². The summed E-state index contributed by atoms with van der Waals surface area (Å²) in [5.74, 6) is -0.750. The van der Waals surface area contributed by atoms with E-state index in [9.17, 15) is 9.59 Å². The predicted molar refractivity (Wildman–Crippen MR) is 105 cm³/mol. The lowest BCUT2D eigenvalue weighted by atomic mass is 9.80. The number of nitrogens with one attached hydrogen (secondary N) is 2. The van der Waals surface area contributed by atoms with Crippen molar-refractivity contribution in [1.82, 2.24) is 0 Å². The summed E-state index contributed by atoms with van der Waals surface area (Å²) in [4.78, 5) is 25.2. The summed E-state index contributed by atoms with van der Waals surface area (Å²) in [6.45, 7) is 0. The van der Waals surface area contributed by atoms with Gasteiger partial charge in [0.05, 0.1) is 23.3 Å². The highest BCUT2D eigenvalue weighted by Crippen LogP contribution is 2.31. The molecule has 2 aromatic rings. The summed E-state index contributed by atoms with van der Waals surface area (Å²) in [6.07, 6.45) is 2.75. The first-order chi connectivity index (χ1) is 13.6. The minimum absolute atomic E-state index is 0.126. The number of hydrogen-bond donors (Lipinski definition) is 2. The third kappa shape index (κ3) is 4.75. The van der Waals surface area contributed by atoms with Gasteiger partial charge in [-0.3, -0.25) is 9.59 Å². The van der Waals surface area contributed by atoms with Crippen molar-refractivity contribution in [1.29, 1.82) is 10.5 Å². The van der Waals surface area contributed by atoms with Crippen LogP contribution in [0.3, 0.4) is 0 Å². The van der Waals surface area contributed by atoms with Gasteiger partial charge in [0.15, 0.2) is 0 Å². The van der Waals surface area contributed by atoms with Gasteiger partial charge in [-0.1, -0.05) is 18.6 Å². The van der Waals surface area contributed by atoms with Crippen LogP contribution in [0, 0.1) is 34.5 Å². The molecule has 0 radical (unpaired) electrons. The van der Waals surface area contributed by atoms with E-state index in [-0.39, 0.29) is 23.7 Å². The van der Waals surface area contributed by atoms with Crippen LogP contribution in [-0.4, -0.2) is 11.8 Å². The number of amides is 2. The Morgan fingerprint density at radius 2 is 1.29 bits per heavy atom. The van der Waals surface area contributed by atoms with Crippen molar-refractivity contribution >= 4 is 23.2 Å². The van der Waals surface area contributed by atoms with E-state index < -0.39 is 0 Å². The molecule has 28 heavy (non-hydrogen) atoms. The molecule has 1 saturated carbocycles. The number of carbonyl (C=O) groups excluding carboxylic acids is 2. The van der Waals surface area contributed by atoms with E-state index in [1.54, 1.807) is 48.5 Å². The zero-order valence-electron chi connectivity index (χ0n) is 15.3. The van der Waals surface area contributed by atoms with E-state index in [1.165, 1.54) is 0 Å². The van der Waals surface area contributed by atoms with E-state index >= 15 is 0 Å². The van der Waals surface area contributed by atoms with Gasteiger partial charge < -0.3 is 10.6 Å². The van der Waals surface area contributed by atoms with Crippen LogP contribution in [-0.2, 0) is 9.59 Å². The van der Waals surface area contributed by atoms with Gasteiger partial charge in [-0.15, -0.1) is 0 Å². The lowest BCUT2D eigenvalue weighted by Gasteiger charge is -2.27. The standard InChI is InChI=1S/C22H20N4O2/c23-13-15-4-1-8-19(10-15)25-21(27)17-6-3-7-18(12-17)22(28)26-20-9-2-5-16(11-20)14-24/h1-2,4-5,8-11,17-18H,3,6-7,12H2,(H,25,27)(H,26,28)/t17-,18+. The number of nitriles is 2. The number of anilines is 2. The van der Waals surface area contributed by atoms with Crippen LogP contribution in [0.5, 0.6) is 0 Å². The van der Waals surface area contributed by atoms with Gasteiger partial charge >= 0.3 is 0 Å². The molecule has 1 aliphatic rings. The molecule has 2 N–H and O–H groups in total. The topological polar surface area (TPSA) is 106 Å². The highest BCUT2D eigenvalue weighted by Gasteiger charge is 2.31. The Balaban J connectivity index is 1.61. The Morgan fingerprint density at radius 1 is 0.821 bits per heavy atom. The maximum atomic E-state index is 12.6. The zero-order valence-corrected chi connectivity index (χ0v) is 15.3. The number of rotatable bonds is 4. The summed E-state index contributed by atoms with van der Waals surface area (Å²) in [7, 11) is 0. The van der Waals surface area contributed by atoms with Crippen molar-refractivity contribution in [2.24, 2.45) is 11.8 Å². The fourth-order valence-corrected chi connectivity index (χ4v) is 3.49. The van der Waals surface area contributed by atoms with Crippen molar-refractivity contribution in [3.8, 4) is 12.1 Å². The number of carbonyl (C=O) groups is 2. The first kappa shape index (κ1) is 19.1. The van der Waals surface area contributed by atoms with Crippen LogP contribution in [0.2, 0.25) is 0 Å². The maximum absolute atomic E-state index is 12.6. The highest BCUT2D eigenvalue weighted by molar-refractivity contribution is 5.95. The third-order valence-corrected chi connectivity index (χ3v) is 4.93. The second-order valence-electron chi connectivity index (χ2n) is 6.92. The third-order valence-electron chi connectivity index (χ3n) is 4.93. The molecular weight excluding hydrogens is 352 g/mol. The SMILES string of the molecule is N#Cc1cccc(NC(=O)[C@@H]2CCC[C@H](C(=O)Nc3cccc(C#N)c3)C2)c1. The van der Waals surface area contributed by atoms with E-state index in [4.69, 9.17) is 10.5 Å². The van der Waals surface area contributed by atoms with Crippen LogP contribution in [0.1, 0.15) is 36.8 Å². The van der Waals surface area contributed by atoms with Gasteiger partial charge in [-0.25, -0.2) is 0 Å². The van der Waals surface area contributed by atoms with Gasteiger partial charge in [0.25, 0.3) is 0 Å². The smallest absolute Gasteiger partial charge is 0.227 e. The van der Waals surface area contributed by atoms with Crippen LogP contribution in [0.15, 0.2) is 48.5 Å². The lowest BCUT2D eigenvalue weighted by molar-refractivity contribution is -0.124. The largest absolute Gasteiger partial charge is 0.326 e. The van der Waals surface area contributed by atoms with Crippen molar-refractivity contribution in [3.63, 3.8) is 0 Å². The molecule has 2 atom stereocenters. The minimum atomic E-state index is -0.249. The van der Waals surface area contributed by atoms with E-state index in [2.05, 4.69) is 10.6 Å². The summed E-state index contributed by atoms with van der Waals surface area (Å²) in [6, 6.07) is 17.7. The molecule has 0 bridgehead atoms. The molecule has 140 valence electrons. The van der Waals surface area contributed by atoms with Crippen LogP contribution >= 0.6 is 0 Å². The Kier molecular flexibility index (Phi) is 6.04. The molecule has 0 spiro atoms. The molecule has 6 heteroatoms. The Labute approximate surface area is 163 Å². The molecule has 2 aromatic carbocycles. The van der Waals surface area contributed by atoms with Gasteiger partial charge in [0.1, 0.15) is 0 Å². The van der Waals surface area contributed by atoms with Crippen LogP contribution in [0.4, 0.5) is 11.4 Å². The Bertz CT molecular complexity index is 893. The van der Waals surface area contributed by atoms with Crippen molar-refractivity contribution in [2.75, 3.05) is 10.6 Å². The van der Waals surface area contributed by atoms with E-state index in [1.807, 2.05) is 12.1 Å². The van der Waals surface area contributed by atoms with Gasteiger partial charge in [0.2, 0.25) is 11.8 Å². The quantitative estimate of drug-likeness (QED) is 0.851. The summed E-state index contributed by atoms with van der Waals surface area (Å²) < 4.78 is 0. The second-order valence-corrected chi connectivity index (χ2v) is 6.92. The molecule has 0 heterocycles. The van der Waals surface area contributed by atoms with Gasteiger partial charge in [-0.2, -0.15) is 10.5 Å². The average Bonchev–Trinajstić information content (AvgIpc) is 2.74. The molecule has 0 saturated heterocycles. The molecular formula is C22H20N4O2. The normalized spacial score (nSPS) is 18.4. The number of nitrogens with zero attached hydrogens (tertiary/aromatic N) is 2. The Hall–Kier alpha value is -3.64. The average molecular weight is 372 g/mol. The van der Waals surface area contributed by atoms with Crippen molar-refractivity contribution in [2.45, 2.75) is 25.7 Å². The monoisotopic (exact) mass is 372 g/mol. The maximum Gasteiger partial charge on any atom is 0.227 e. The Morgan fingerprint density at radius 3 is 1.71 bits per heavy atom. The molecule has 0 aromatic heterocycles. The molecule has 0 aliphatic heterocycles. The molecule has 3 rings (SSSR count). The molecule has 2 amide bonds. The second kappa shape index (κ2) is 8.83. The van der Waals surface area contributed by atoms with Crippen molar-refractivity contribution < 1.29 is 9.59 Å². The number of hydrogen-bond acceptors (Lipinski definition) is 4. The lowest BCUT2D eigenvalue weighted by Crippen LogP contribution is -2.33. The summed E-state index contributed by atoms with van der Waals surface area (Å²) in [5, 5.41) is 23.6. The predicted octanol–water partition coefficient (Wildman–Crippen LogP) is 3.81. The summed E-state index contributed by atoms with van der Waals surface area (Å²) in [5.41, 5.74) is 2.14. The molecule has 1 aliphatic carbocycles. The minimum Gasteiger partial charge on any atom is -0.326 e. The molecule has 1 fully saturated rings. The zero-order chi connectivity index (χ0) is 19.9. The molecule has 0 unspecified atom stereocenters. The highest BCUT2D eigenvalue weighted by atomic mass is 16.2. The van der Waals surface area contributed by atoms with E-state index in [0.717, 1.165) is 19.3 Å². The fraction of sp³-hybridized carbons (Fsp3) is 0.273. The summed E-state index contributed by atoms with van der Waals surface area (Å²) >= 11 is 0. The fourth-order valence-electron chi connectivity index (χ4n) is 3.49. The first-order valence-corrected chi connectivity index (χ1v) is 9.21. The molecule has 6 nitrogen and oxygen atoms in total. The first-order valence-electron chi connectivity index (χ1n) is 9.21. The van der Waals surface area contributed by atoms with Crippen LogP contribution < -0.4 is 10.6 Å². The van der Waals surface area contributed by atoms with E-state index in [0.29, 0.717) is 28.9 Å². The van der Waals surface area contributed by atoms with Gasteiger partial charge in [-0.05, 0) is 55.7 Å². The van der Waals surface area contributed by atoms with Gasteiger partial charge in [0, 0.05) is 23.2 Å². The number of benzene rings is 2. The van der Waals surface area contributed by atoms with Crippen LogP contribution in [0.25, 0.3) is 0 Å².